The van der Waals surface area contributed by atoms with Gasteiger partial charge < -0.3 is 5.73 Å². The summed E-state index contributed by atoms with van der Waals surface area (Å²) in [6, 6.07) is 3.27. The molecule has 0 fully saturated rings. The van der Waals surface area contributed by atoms with Crippen molar-refractivity contribution in [1.29, 1.82) is 0 Å². The van der Waals surface area contributed by atoms with E-state index in [0.717, 1.165) is 11.4 Å². The van der Waals surface area contributed by atoms with Gasteiger partial charge in [-0.2, -0.15) is 5.10 Å². The zero-order valence-electron chi connectivity index (χ0n) is 9.48. The maximum Gasteiger partial charge on any atom is 0.276 e. The third-order valence-electron chi connectivity index (χ3n) is 2.05. The summed E-state index contributed by atoms with van der Waals surface area (Å²) in [7, 11) is 0. The molecule has 0 spiro atoms. The maximum atomic E-state index is 11.7. The van der Waals surface area contributed by atoms with E-state index in [1.807, 2.05) is 19.9 Å². The number of nitrogens with two attached hydrogens (primary N) is 1. The molecule has 0 atom stereocenters. The lowest BCUT2D eigenvalue weighted by molar-refractivity contribution is 0.102. The highest BCUT2D eigenvalue weighted by Gasteiger charge is 2.10. The Morgan fingerprint density at radius 3 is 2.47 bits per heavy atom. The van der Waals surface area contributed by atoms with Crippen LogP contribution in [0.3, 0.4) is 0 Å². The molecule has 2 aromatic rings. The second-order valence-electron chi connectivity index (χ2n) is 3.63. The SMILES string of the molecule is Cc1cc(C)nc(NC(=O)c2cc(N)n[nH]2)n1. The summed E-state index contributed by atoms with van der Waals surface area (Å²) in [4.78, 5) is 19.9. The molecule has 7 nitrogen and oxygen atoms in total. The molecule has 0 aliphatic rings. The van der Waals surface area contributed by atoms with Gasteiger partial charge in [0.1, 0.15) is 11.5 Å². The van der Waals surface area contributed by atoms with Crippen molar-refractivity contribution in [2.75, 3.05) is 11.1 Å². The quantitative estimate of drug-likeness (QED) is 0.704. The predicted molar refractivity (Wildman–Crippen MR) is 62.5 cm³/mol. The highest BCUT2D eigenvalue weighted by Crippen LogP contribution is 2.06. The Labute approximate surface area is 97.5 Å². The van der Waals surface area contributed by atoms with E-state index >= 15 is 0 Å². The van der Waals surface area contributed by atoms with Crippen LogP contribution in [-0.2, 0) is 0 Å². The Balaban J connectivity index is 2.18. The summed E-state index contributed by atoms with van der Waals surface area (Å²) in [6.07, 6.45) is 0. The molecular formula is C10H12N6O. The Kier molecular flexibility index (Phi) is 2.73. The average molecular weight is 232 g/mol. The van der Waals surface area contributed by atoms with E-state index in [9.17, 15) is 4.79 Å². The zero-order valence-corrected chi connectivity index (χ0v) is 9.48. The molecule has 2 heterocycles. The van der Waals surface area contributed by atoms with Gasteiger partial charge in [0.25, 0.3) is 5.91 Å². The van der Waals surface area contributed by atoms with Gasteiger partial charge in [-0.3, -0.25) is 15.2 Å². The minimum absolute atomic E-state index is 0.261. The van der Waals surface area contributed by atoms with Crippen molar-refractivity contribution in [3.63, 3.8) is 0 Å². The van der Waals surface area contributed by atoms with Gasteiger partial charge in [0.15, 0.2) is 0 Å². The van der Waals surface area contributed by atoms with E-state index in [2.05, 4.69) is 25.5 Å². The molecule has 2 rings (SSSR count). The number of nitrogens with one attached hydrogen (secondary N) is 2. The number of aromatic amines is 1. The number of nitrogen functional groups attached to an aromatic ring is 1. The Hall–Kier alpha value is -2.44. The second kappa shape index (κ2) is 4.20. The number of anilines is 2. The van der Waals surface area contributed by atoms with Crippen LogP contribution >= 0.6 is 0 Å². The third-order valence-corrected chi connectivity index (χ3v) is 2.05. The second-order valence-corrected chi connectivity index (χ2v) is 3.63. The predicted octanol–water partition coefficient (Wildman–Crippen LogP) is 0.651. The van der Waals surface area contributed by atoms with Crippen molar-refractivity contribution < 1.29 is 4.79 Å². The first kappa shape index (κ1) is 11.1. The fraction of sp³-hybridized carbons (Fsp3) is 0.200. The molecule has 1 amide bonds. The van der Waals surface area contributed by atoms with Crippen molar-refractivity contribution in [2.24, 2.45) is 0 Å². The number of aromatic nitrogens is 4. The van der Waals surface area contributed by atoms with Crippen LogP contribution in [-0.4, -0.2) is 26.1 Å². The van der Waals surface area contributed by atoms with Gasteiger partial charge in [0, 0.05) is 17.5 Å². The van der Waals surface area contributed by atoms with E-state index < -0.39 is 0 Å². The monoisotopic (exact) mass is 232 g/mol. The van der Waals surface area contributed by atoms with Gasteiger partial charge in [-0.25, -0.2) is 9.97 Å². The Bertz CT molecular complexity index is 541. The van der Waals surface area contributed by atoms with Gasteiger partial charge in [-0.15, -0.1) is 0 Å². The number of aryl methyl sites for hydroxylation is 2. The van der Waals surface area contributed by atoms with Gasteiger partial charge >= 0.3 is 0 Å². The zero-order chi connectivity index (χ0) is 12.4. The van der Waals surface area contributed by atoms with Crippen molar-refractivity contribution in [3.8, 4) is 0 Å². The lowest BCUT2D eigenvalue weighted by Crippen LogP contribution is -2.15. The minimum Gasteiger partial charge on any atom is -0.382 e. The van der Waals surface area contributed by atoms with Crippen molar-refractivity contribution in [3.05, 3.63) is 29.2 Å². The Morgan fingerprint density at radius 2 is 1.94 bits per heavy atom. The first-order chi connectivity index (χ1) is 8.04. The number of hydrogen-bond donors (Lipinski definition) is 3. The average Bonchev–Trinajstić information content (AvgIpc) is 2.63. The summed E-state index contributed by atoms with van der Waals surface area (Å²) < 4.78 is 0. The first-order valence-corrected chi connectivity index (χ1v) is 4.99. The van der Waals surface area contributed by atoms with Crippen LogP contribution in [0.1, 0.15) is 21.9 Å². The molecule has 4 N–H and O–H groups in total. The molecule has 0 aliphatic heterocycles. The molecule has 0 bridgehead atoms. The molecule has 0 unspecified atom stereocenters. The lowest BCUT2D eigenvalue weighted by atomic mass is 10.3. The number of amides is 1. The summed E-state index contributed by atoms with van der Waals surface area (Å²) in [5.41, 5.74) is 7.25. The summed E-state index contributed by atoms with van der Waals surface area (Å²) >= 11 is 0. The number of rotatable bonds is 2. The van der Waals surface area contributed by atoms with E-state index in [4.69, 9.17) is 5.73 Å². The molecule has 17 heavy (non-hydrogen) atoms. The van der Waals surface area contributed by atoms with Crippen molar-refractivity contribution in [1.82, 2.24) is 20.2 Å². The fourth-order valence-electron chi connectivity index (χ4n) is 1.40. The maximum absolute atomic E-state index is 11.7. The van der Waals surface area contributed by atoms with Gasteiger partial charge in [0.2, 0.25) is 5.95 Å². The van der Waals surface area contributed by atoms with E-state index in [-0.39, 0.29) is 23.4 Å². The number of hydrogen-bond acceptors (Lipinski definition) is 5. The molecule has 0 aliphatic carbocycles. The summed E-state index contributed by atoms with van der Waals surface area (Å²) in [5.74, 6) is 0.149. The van der Waals surface area contributed by atoms with Gasteiger partial charge in [0.05, 0.1) is 0 Å². The van der Waals surface area contributed by atoms with Crippen LogP contribution in [0.5, 0.6) is 0 Å². The molecule has 0 saturated heterocycles. The first-order valence-electron chi connectivity index (χ1n) is 4.99. The fourth-order valence-corrected chi connectivity index (χ4v) is 1.40. The highest BCUT2D eigenvalue weighted by molar-refractivity contribution is 6.02. The molecule has 0 aromatic carbocycles. The van der Waals surface area contributed by atoms with Crippen LogP contribution in [0.2, 0.25) is 0 Å². The number of carbonyl (C=O) groups is 1. The minimum atomic E-state index is -0.376. The van der Waals surface area contributed by atoms with Crippen LogP contribution < -0.4 is 11.1 Å². The number of nitrogens with zero attached hydrogens (tertiary/aromatic N) is 3. The third kappa shape index (κ3) is 2.57. The van der Waals surface area contributed by atoms with E-state index in [0.29, 0.717) is 0 Å². The van der Waals surface area contributed by atoms with Crippen LogP contribution in [0.4, 0.5) is 11.8 Å². The lowest BCUT2D eigenvalue weighted by Gasteiger charge is -2.03. The molecule has 0 saturated carbocycles. The van der Waals surface area contributed by atoms with E-state index in [1.54, 1.807) is 0 Å². The molecule has 7 heteroatoms. The van der Waals surface area contributed by atoms with Crippen LogP contribution in [0.25, 0.3) is 0 Å². The summed E-state index contributed by atoms with van der Waals surface area (Å²) in [5, 5.41) is 8.74. The molecule has 2 aromatic heterocycles. The molecule has 88 valence electrons. The normalized spacial score (nSPS) is 10.2. The number of H-pyrrole nitrogens is 1. The van der Waals surface area contributed by atoms with Crippen molar-refractivity contribution in [2.45, 2.75) is 13.8 Å². The Morgan fingerprint density at radius 1 is 1.29 bits per heavy atom. The van der Waals surface area contributed by atoms with Crippen LogP contribution in [0, 0.1) is 13.8 Å². The smallest absolute Gasteiger partial charge is 0.276 e. The largest absolute Gasteiger partial charge is 0.382 e. The van der Waals surface area contributed by atoms with Gasteiger partial charge in [-0.05, 0) is 19.9 Å². The van der Waals surface area contributed by atoms with E-state index in [1.165, 1.54) is 6.07 Å². The molecular weight excluding hydrogens is 220 g/mol. The van der Waals surface area contributed by atoms with Crippen LogP contribution in [0.15, 0.2) is 12.1 Å². The topological polar surface area (TPSA) is 110 Å². The standard InChI is InChI=1S/C10H12N6O/c1-5-3-6(2)13-10(12-5)14-9(17)7-4-8(11)16-15-7/h3-4H,1-2H3,(H3,11,15,16)(H,12,13,14,17). The van der Waals surface area contributed by atoms with Crippen molar-refractivity contribution >= 4 is 17.7 Å². The number of carbonyl (C=O) groups excluding carboxylic acids is 1. The van der Waals surface area contributed by atoms with Gasteiger partial charge in [-0.1, -0.05) is 0 Å². The highest BCUT2D eigenvalue weighted by atomic mass is 16.2. The molecule has 0 radical (unpaired) electrons. The summed E-state index contributed by atoms with van der Waals surface area (Å²) in [6.45, 7) is 3.66.